The highest BCUT2D eigenvalue weighted by Gasteiger charge is 2.08. The van der Waals surface area contributed by atoms with E-state index in [4.69, 9.17) is 12.7 Å². The maximum absolute atomic E-state index is 11.7. The summed E-state index contributed by atoms with van der Waals surface area (Å²) >= 11 is 0. The normalized spacial score (nSPS) is 10.2. The predicted octanol–water partition coefficient (Wildman–Crippen LogP) is 0.576. The molecule has 1 aromatic carbocycles. The van der Waals surface area contributed by atoms with Crippen LogP contribution in [0.25, 0.3) is 0 Å². The van der Waals surface area contributed by atoms with E-state index >= 15 is 0 Å². The van der Waals surface area contributed by atoms with Crippen molar-refractivity contribution in [1.82, 2.24) is 15.0 Å². The highest BCUT2D eigenvalue weighted by Crippen LogP contribution is 2.14. The van der Waals surface area contributed by atoms with E-state index in [2.05, 4.69) is 15.3 Å². The monoisotopic (exact) mass is 282 g/mol. The van der Waals surface area contributed by atoms with Gasteiger partial charge in [-0.1, -0.05) is 17.6 Å². The zero-order valence-corrected chi connectivity index (χ0v) is 11.9. The van der Waals surface area contributed by atoms with Crippen molar-refractivity contribution in [3.8, 4) is 0 Å². The van der Waals surface area contributed by atoms with Crippen molar-refractivity contribution in [2.75, 3.05) is 19.5 Å². The Kier molecular flexibility index (Phi) is 4.89. The van der Waals surface area contributed by atoms with Crippen molar-refractivity contribution < 1.29 is 9.63 Å². The quantitative estimate of drug-likeness (QED) is 0.641. The van der Waals surface area contributed by atoms with Crippen molar-refractivity contribution in [3.63, 3.8) is 0 Å². The van der Waals surface area contributed by atoms with Crippen molar-refractivity contribution in [3.05, 3.63) is 42.2 Å². The van der Waals surface area contributed by atoms with Gasteiger partial charge in [0.1, 0.15) is 7.85 Å². The van der Waals surface area contributed by atoms with E-state index in [1.807, 2.05) is 24.3 Å². The molecule has 0 aliphatic heterocycles. The van der Waals surface area contributed by atoms with Crippen LogP contribution in [-0.2, 0) is 16.1 Å². The topological polar surface area (TPSA) is 67.4 Å². The highest BCUT2D eigenvalue weighted by atomic mass is 16.7. The first-order valence-corrected chi connectivity index (χ1v) is 6.32. The molecule has 0 saturated heterocycles. The van der Waals surface area contributed by atoms with Crippen molar-refractivity contribution in [1.29, 1.82) is 0 Å². The number of amides is 1. The lowest BCUT2D eigenvalue weighted by atomic mass is 10.0. The largest absolute Gasteiger partial charge is 0.324 e. The average Bonchev–Trinajstić information content (AvgIpc) is 2.50. The van der Waals surface area contributed by atoms with Gasteiger partial charge in [-0.25, -0.2) is 15.0 Å². The van der Waals surface area contributed by atoms with E-state index in [1.165, 1.54) is 24.6 Å². The summed E-state index contributed by atoms with van der Waals surface area (Å²) in [5, 5.41) is 4.25. The number of rotatable bonds is 5. The van der Waals surface area contributed by atoms with Crippen LogP contribution in [0, 0.1) is 0 Å². The Balaban J connectivity index is 1.98. The van der Waals surface area contributed by atoms with Crippen molar-refractivity contribution in [2.45, 2.75) is 6.42 Å². The van der Waals surface area contributed by atoms with Crippen LogP contribution >= 0.6 is 0 Å². The molecule has 2 radical (unpaired) electrons. The Morgan fingerprint density at radius 1 is 1.29 bits per heavy atom. The summed E-state index contributed by atoms with van der Waals surface area (Å²) in [5.41, 5.74) is 2.24. The number of benzene rings is 1. The third-order valence-electron chi connectivity index (χ3n) is 2.86. The Morgan fingerprint density at radius 2 is 1.90 bits per heavy atom. The van der Waals surface area contributed by atoms with E-state index in [-0.39, 0.29) is 12.3 Å². The fraction of sp³-hybridized carbons (Fsp3) is 0.214. The zero-order valence-electron chi connectivity index (χ0n) is 11.9. The molecular formula is C14H15BN4O2. The number of hydrogen-bond acceptors (Lipinski definition) is 5. The first-order chi connectivity index (χ1) is 10.1. The van der Waals surface area contributed by atoms with Gasteiger partial charge in [-0.15, -0.1) is 0 Å². The molecule has 0 unspecified atom stereocenters. The number of anilines is 2. The number of nitrogens with zero attached hydrogens (tertiary/aromatic N) is 3. The lowest BCUT2D eigenvalue weighted by Crippen LogP contribution is -2.26. The van der Waals surface area contributed by atoms with Gasteiger partial charge in [-0.3, -0.25) is 9.63 Å². The van der Waals surface area contributed by atoms with Gasteiger partial charge < -0.3 is 5.32 Å². The molecule has 0 fully saturated rings. The van der Waals surface area contributed by atoms with Gasteiger partial charge in [0, 0.05) is 25.1 Å². The fourth-order valence-corrected chi connectivity index (χ4v) is 1.63. The molecule has 0 bridgehead atoms. The van der Waals surface area contributed by atoms with Crippen LogP contribution in [0.5, 0.6) is 0 Å². The Labute approximate surface area is 124 Å². The molecule has 0 atom stereocenters. The standard InChI is InChI=1S/C14H15BN4O2/c1-19(21-2)13(20)7-10-3-5-12(6-4-10)18-14-16-8-11(15)9-17-14/h3-6,8-9H,7H2,1-2H3,(H,16,17,18). The van der Waals surface area contributed by atoms with E-state index in [0.717, 1.165) is 11.3 Å². The Morgan fingerprint density at radius 3 is 2.48 bits per heavy atom. The van der Waals surface area contributed by atoms with Crippen molar-refractivity contribution >= 4 is 30.9 Å². The lowest BCUT2D eigenvalue weighted by Gasteiger charge is -2.13. The second-order valence-corrected chi connectivity index (χ2v) is 4.41. The van der Waals surface area contributed by atoms with Crippen molar-refractivity contribution in [2.24, 2.45) is 0 Å². The molecule has 1 amide bonds. The Hall–Kier alpha value is -2.41. The highest BCUT2D eigenvalue weighted by molar-refractivity contribution is 6.31. The van der Waals surface area contributed by atoms with Gasteiger partial charge in [-0.2, -0.15) is 0 Å². The van der Waals surface area contributed by atoms with Crippen LogP contribution in [-0.4, -0.2) is 42.9 Å². The summed E-state index contributed by atoms with van der Waals surface area (Å²) in [6.07, 6.45) is 3.34. The third-order valence-corrected chi connectivity index (χ3v) is 2.86. The summed E-state index contributed by atoms with van der Waals surface area (Å²) < 4.78 is 0. The molecule has 0 aliphatic rings. The average molecular weight is 282 g/mol. The fourth-order valence-electron chi connectivity index (χ4n) is 1.63. The number of nitrogens with one attached hydrogen (secondary N) is 1. The minimum absolute atomic E-state index is 0.111. The second-order valence-electron chi connectivity index (χ2n) is 4.41. The molecule has 1 heterocycles. The third kappa shape index (κ3) is 4.29. The summed E-state index contributed by atoms with van der Waals surface area (Å²) in [5.74, 6) is 0.354. The first kappa shape index (κ1) is 15.0. The molecule has 106 valence electrons. The minimum Gasteiger partial charge on any atom is -0.324 e. The maximum atomic E-state index is 11.7. The summed E-state index contributed by atoms with van der Waals surface area (Å²) in [6, 6.07) is 7.44. The molecule has 7 heteroatoms. The summed E-state index contributed by atoms with van der Waals surface area (Å²) in [7, 11) is 8.56. The summed E-state index contributed by atoms with van der Waals surface area (Å²) in [6.45, 7) is 0. The predicted molar refractivity (Wildman–Crippen MR) is 80.6 cm³/mol. The van der Waals surface area contributed by atoms with Gasteiger partial charge in [0.05, 0.1) is 13.5 Å². The molecule has 6 nitrogen and oxygen atoms in total. The van der Waals surface area contributed by atoms with Gasteiger partial charge in [0.25, 0.3) is 0 Å². The number of hydrogen-bond donors (Lipinski definition) is 1. The van der Waals surface area contributed by atoms with Crippen LogP contribution < -0.4 is 10.8 Å². The van der Waals surface area contributed by atoms with Crippen LogP contribution in [0.3, 0.4) is 0 Å². The minimum atomic E-state index is -0.111. The lowest BCUT2D eigenvalue weighted by molar-refractivity contribution is -0.167. The number of carbonyl (C=O) groups excluding carboxylic acids is 1. The molecule has 1 N–H and O–H groups in total. The number of aromatic nitrogens is 2. The van der Waals surface area contributed by atoms with E-state index in [1.54, 1.807) is 7.05 Å². The maximum Gasteiger partial charge on any atom is 0.250 e. The SMILES string of the molecule is [B]c1cnc(Nc2ccc(CC(=O)N(C)OC)cc2)nc1. The number of hydroxylamine groups is 2. The van der Waals surface area contributed by atoms with E-state index in [0.29, 0.717) is 11.4 Å². The van der Waals surface area contributed by atoms with Gasteiger partial charge in [-0.05, 0) is 17.7 Å². The van der Waals surface area contributed by atoms with Crippen LogP contribution in [0.15, 0.2) is 36.7 Å². The smallest absolute Gasteiger partial charge is 0.250 e. The van der Waals surface area contributed by atoms with Gasteiger partial charge >= 0.3 is 0 Å². The zero-order chi connectivity index (χ0) is 15.2. The van der Waals surface area contributed by atoms with Gasteiger partial charge in [0.2, 0.25) is 11.9 Å². The number of likely N-dealkylation sites (N-methyl/N-ethyl adjacent to an activating group) is 1. The van der Waals surface area contributed by atoms with Gasteiger partial charge in [0.15, 0.2) is 0 Å². The van der Waals surface area contributed by atoms with E-state index < -0.39 is 0 Å². The molecule has 0 spiro atoms. The number of carbonyl (C=O) groups is 1. The Bertz CT molecular complexity index is 601. The molecule has 21 heavy (non-hydrogen) atoms. The van der Waals surface area contributed by atoms with Crippen LogP contribution in [0.1, 0.15) is 5.56 Å². The van der Waals surface area contributed by atoms with Crippen LogP contribution in [0.2, 0.25) is 0 Å². The molecule has 0 saturated carbocycles. The van der Waals surface area contributed by atoms with E-state index in [9.17, 15) is 4.79 Å². The molecule has 2 rings (SSSR count). The van der Waals surface area contributed by atoms with Crippen LogP contribution in [0.4, 0.5) is 11.6 Å². The molecular weight excluding hydrogens is 267 g/mol. The summed E-state index contributed by atoms with van der Waals surface area (Å²) in [4.78, 5) is 24.7. The molecule has 2 aromatic rings. The second kappa shape index (κ2) is 6.85. The molecule has 0 aliphatic carbocycles. The molecule has 1 aromatic heterocycles. The first-order valence-electron chi connectivity index (χ1n) is 6.32.